The predicted molar refractivity (Wildman–Crippen MR) is 238 cm³/mol. The van der Waals surface area contributed by atoms with Crippen molar-refractivity contribution in [1.82, 2.24) is 0 Å². The van der Waals surface area contributed by atoms with Crippen molar-refractivity contribution in [3.8, 4) is 0 Å². The lowest BCUT2D eigenvalue weighted by atomic mass is 10.1. The maximum Gasteiger partial charge on any atom is 0.306 e. The number of rotatable bonds is 40. The van der Waals surface area contributed by atoms with Crippen LogP contribution in [0.25, 0.3) is 0 Å². The fourth-order valence-corrected chi connectivity index (χ4v) is 6.14. The van der Waals surface area contributed by atoms with Gasteiger partial charge in [-0.15, -0.1) is 0 Å². The maximum atomic E-state index is 12.7. The lowest BCUT2D eigenvalue weighted by Crippen LogP contribution is -2.30. The zero-order chi connectivity index (χ0) is 40.8. The summed E-state index contributed by atoms with van der Waals surface area (Å²) in [5.41, 5.74) is 0. The van der Waals surface area contributed by atoms with Crippen molar-refractivity contribution >= 4 is 17.9 Å². The Morgan fingerprint density at radius 1 is 0.393 bits per heavy atom. The van der Waals surface area contributed by atoms with E-state index in [-0.39, 0.29) is 37.5 Å². The Labute approximate surface area is 344 Å². The zero-order valence-electron chi connectivity index (χ0n) is 36.4. The topological polar surface area (TPSA) is 78.9 Å². The molecule has 56 heavy (non-hydrogen) atoms. The summed E-state index contributed by atoms with van der Waals surface area (Å²) >= 11 is 0. The molecule has 0 saturated heterocycles. The molecule has 0 aromatic heterocycles. The van der Waals surface area contributed by atoms with Gasteiger partial charge >= 0.3 is 17.9 Å². The van der Waals surface area contributed by atoms with Gasteiger partial charge in [-0.3, -0.25) is 14.4 Å². The Hall–Kier alpha value is -3.15. The van der Waals surface area contributed by atoms with Crippen molar-refractivity contribution < 1.29 is 28.6 Å². The minimum Gasteiger partial charge on any atom is -0.462 e. The molecule has 0 fully saturated rings. The maximum absolute atomic E-state index is 12.7. The molecule has 0 N–H and O–H groups in total. The van der Waals surface area contributed by atoms with E-state index in [4.69, 9.17) is 14.2 Å². The van der Waals surface area contributed by atoms with Crippen molar-refractivity contribution in [2.45, 2.75) is 213 Å². The van der Waals surface area contributed by atoms with Gasteiger partial charge in [0.2, 0.25) is 0 Å². The van der Waals surface area contributed by atoms with Crippen LogP contribution in [0.2, 0.25) is 0 Å². The summed E-state index contributed by atoms with van der Waals surface area (Å²) in [5.74, 6) is -0.946. The molecule has 0 aromatic carbocycles. The van der Waals surface area contributed by atoms with E-state index in [1.807, 2.05) is 36.5 Å². The van der Waals surface area contributed by atoms with Crippen molar-refractivity contribution in [3.05, 3.63) is 72.9 Å². The monoisotopic (exact) mass is 781 g/mol. The molecule has 0 aromatic rings. The molecule has 1 atom stereocenters. The third kappa shape index (κ3) is 42.0. The molecule has 320 valence electrons. The van der Waals surface area contributed by atoms with E-state index in [1.54, 1.807) is 0 Å². The van der Waals surface area contributed by atoms with Gasteiger partial charge in [-0.2, -0.15) is 0 Å². The Bertz CT molecular complexity index is 1080. The minimum absolute atomic E-state index is 0.0933. The third-order valence-electron chi connectivity index (χ3n) is 9.55. The number of allylic oxidation sites excluding steroid dienone is 12. The van der Waals surface area contributed by atoms with Crippen LogP contribution in [0.3, 0.4) is 0 Å². The van der Waals surface area contributed by atoms with Crippen molar-refractivity contribution in [2.75, 3.05) is 13.2 Å². The molecule has 0 aliphatic heterocycles. The molecule has 0 heterocycles. The van der Waals surface area contributed by atoms with Gasteiger partial charge < -0.3 is 14.2 Å². The van der Waals surface area contributed by atoms with Crippen LogP contribution in [0.5, 0.6) is 0 Å². The van der Waals surface area contributed by atoms with Gasteiger partial charge in [0, 0.05) is 19.3 Å². The predicted octanol–water partition coefficient (Wildman–Crippen LogP) is 14.7. The Balaban J connectivity index is 4.45. The van der Waals surface area contributed by atoms with E-state index in [0.717, 1.165) is 83.5 Å². The van der Waals surface area contributed by atoms with Crippen LogP contribution in [-0.4, -0.2) is 37.2 Å². The number of carbonyl (C=O) groups is 3. The van der Waals surface area contributed by atoms with E-state index >= 15 is 0 Å². The fraction of sp³-hybridized carbons (Fsp3) is 0.700. The summed E-state index contributed by atoms with van der Waals surface area (Å²) in [4.78, 5) is 37.7. The number of carbonyl (C=O) groups excluding carboxylic acids is 3. The SMILES string of the molecule is CC\C=C/C=C\C=C/C=C\CCCCCC(=O)OC(COC(=O)CCCCCCCCC/C=C\C/C=C\CC)COC(=O)CCCCCCCCCCCCC. The molecule has 0 spiro atoms. The van der Waals surface area contributed by atoms with E-state index in [1.165, 1.54) is 77.0 Å². The van der Waals surface area contributed by atoms with Gasteiger partial charge in [0.1, 0.15) is 13.2 Å². The molecule has 0 rings (SSSR count). The lowest BCUT2D eigenvalue weighted by Gasteiger charge is -2.18. The van der Waals surface area contributed by atoms with Gasteiger partial charge in [0.15, 0.2) is 6.10 Å². The van der Waals surface area contributed by atoms with Crippen LogP contribution in [0, 0.1) is 0 Å². The molecule has 0 bridgehead atoms. The molecule has 0 aliphatic carbocycles. The van der Waals surface area contributed by atoms with Crippen LogP contribution in [0.1, 0.15) is 207 Å². The molecule has 0 amide bonds. The number of unbranched alkanes of at least 4 members (excludes halogenated alkanes) is 20. The first-order chi connectivity index (χ1) is 27.5. The van der Waals surface area contributed by atoms with Crippen LogP contribution in [-0.2, 0) is 28.6 Å². The quantitative estimate of drug-likeness (QED) is 0.0203. The Kier molecular flexibility index (Phi) is 42.1. The highest BCUT2D eigenvalue weighted by atomic mass is 16.6. The summed E-state index contributed by atoms with van der Waals surface area (Å²) < 4.78 is 16.7. The number of ether oxygens (including phenoxy) is 3. The molecule has 6 heteroatoms. The van der Waals surface area contributed by atoms with Crippen molar-refractivity contribution in [2.24, 2.45) is 0 Å². The third-order valence-corrected chi connectivity index (χ3v) is 9.55. The normalized spacial score (nSPS) is 12.7. The summed E-state index contributed by atoms with van der Waals surface area (Å²) in [5, 5.41) is 0. The second kappa shape index (κ2) is 44.6. The molecular weight excluding hydrogens is 697 g/mol. The first-order valence-electron chi connectivity index (χ1n) is 23.0. The standard InChI is InChI=1S/C50H84O6/c1-4-7-10-13-16-19-22-24-26-28-31-34-37-40-43-49(52)55-46-47(45-54-48(51)42-39-36-33-30-27-21-18-15-12-9-6-3)56-50(53)44-41-38-35-32-29-25-23-20-17-14-11-8-5-2/h7-8,10-11,14,16-17,19-20,23,25,29,47H,4-6,9,12-13,15,18,21-22,24,26-28,30-46H2,1-3H3/b10-7-,11-8-,17-14-,19-16-,23-20-,29-25-. The lowest BCUT2D eigenvalue weighted by molar-refractivity contribution is -0.167. The van der Waals surface area contributed by atoms with Crippen LogP contribution >= 0.6 is 0 Å². The first kappa shape index (κ1) is 52.9. The molecule has 6 nitrogen and oxygen atoms in total. The number of esters is 3. The van der Waals surface area contributed by atoms with E-state index < -0.39 is 6.10 Å². The van der Waals surface area contributed by atoms with Gasteiger partial charge in [-0.1, -0.05) is 196 Å². The molecular formula is C50H84O6. The highest BCUT2D eigenvalue weighted by Crippen LogP contribution is 2.14. The fourth-order valence-electron chi connectivity index (χ4n) is 6.14. The number of hydrogen-bond acceptors (Lipinski definition) is 6. The Morgan fingerprint density at radius 3 is 1.30 bits per heavy atom. The second-order valence-corrected chi connectivity index (χ2v) is 15.0. The average molecular weight is 781 g/mol. The number of hydrogen-bond donors (Lipinski definition) is 0. The van der Waals surface area contributed by atoms with Crippen molar-refractivity contribution in [1.29, 1.82) is 0 Å². The summed E-state index contributed by atoms with van der Waals surface area (Å²) in [6.07, 6.45) is 54.5. The van der Waals surface area contributed by atoms with Crippen LogP contribution in [0.15, 0.2) is 72.9 Å². The Morgan fingerprint density at radius 2 is 0.786 bits per heavy atom. The van der Waals surface area contributed by atoms with Gasteiger partial charge in [0.05, 0.1) is 0 Å². The summed E-state index contributed by atoms with van der Waals surface area (Å²) in [6.45, 7) is 6.33. The van der Waals surface area contributed by atoms with E-state index in [9.17, 15) is 14.4 Å². The molecule has 1 unspecified atom stereocenters. The molecule has 0 aliphatic rings. The molecule has 0 radical (unpaired) electrons. The van der Waals surface area contributed by atoms with Gasteiger partial charge in [-0.25, -0.2) is 0 Å². The minimum atomic E-state index is -0.795. The zero-order valence-corrected chi connectivity index (χ0v) is 36.4. The van der Waals surface area contributed by atoms with Gasteiger partial charge in [-0.05, 0) is 64.2 Å². The molecule has 0 saturated carbocycles. The van der Waals surface area contributed by atoms with Crippen LogP contribution in [0.4, 0.5) is 0 Å². The highest BCUT2D eigenvalue weighted by molar-refractivity contribution is 5.71. The second-order valence-electron chi connectivity index (χ2n) is 15.0. The largest absolute Gasteiger partial charge is 0.462 e. The average Bonchev–Trinajstić information content (AvgIpc) is 3.19. The summed E-state index contributed by atoms with van der Waals surface area (Å²) in [7, 11) is 0. The van der Waals surface area contributed by atoms with Crippen LogP contribution < -0.4 is 0 Å². The first-order valence-corrected chi connectivity index (χ1v) is 23.0. The van der Waals surface area contributed by atoms with Gasteiger partial charge in [0.25, 0.3) is 0 Å². The summed E-state index contributed by atoms with van der Waals surface area (Å²) in [6, 6.07) is 0. The van der Waals surface area contributed by atoms with E-state index in [0.29, 0.717) is 19.3 Å². The van der Waals surface area contributed by atoms with E-state index in [2.05, 4.69) is 57.2 Å². The van der Waals surface area contributed by atoms with Crippen molar-refractivity contribution in [3.63, 3.8) is 0 Å². The highest BCUT2D eigenvalue weighted by Gasteiger charge is 2.19. The smallest absolute Gasteiger partial charge is 0.306 e.